The van der Waals surface area contributed by atoms with E-state index in [1.165, 1.54) is 7.05 Å². The Morgan fingerprint density at radius 2 is 1.94 bits per heavy atom. The molecule has 0 bridgehead atoms. The predicted octanol–water partition coefficient (Wildman–Crippen LogP) is 3.93. The van der Waals surface area contributed by atoms with Gasteiger partial charge in [0.05, 0.1) is 28.4 Å². The molecular formula is C24H30N6O3S. The molecule has 2 unspecified atom stereocenters. The Labute approximate surface area is 199 Å². The Kier molecular flexibility index (Phi) is 6.27. The van der Waals surface area contributed by atoms with Crippen molar-refractivity contribution in [1.82, 2.24) is 19.5 Å². The number of anilines is 2. The van der Waals surface area contributed by atoms with Crippen molar-refractivity contribution >= 4 is 32.4 Å². The number of hydrogen-bond acceptors (Lipinski definition) is 6. The number of nitriles is 1. The maximum Gasteiger partial charge on any atom is 0.261 e. The van der Waals surface area contributed by atoms with Crippen molar-refractivity contribution in [3.63, 3.8) is 0 Å². The van der Waals surface area contributed by atoms with E-state index < -0.39 is 15.4 Å². The number of benzene rings is 1. The molecule has 2 atom stereocenters. The van der Waals surface area contributed by atoms with Crippen LogP contribution in [0.4, 0.5) is 11.5 Å². The Morgan fingerprint density at radius 1 is 1.21 bits per heavy atom. The van der Waals surface area contributed by atoms with Crippen molar-refractivity contribution in [3.8, 4) is 6.07 Å². The molecular weight excluding hydrogens is 452 g/mol. The van der Waals surface area contributed by atoms with Crippen molar-refractivity contribution in [2.75, 3.05) is 12.4 Å². The second kappa shape index (κ2) is 8.89. The fraction of sp³-hybridized carbons (Fsp3) is 0.458. The van der Waals surface area contributed by atoms with Crippen molar-refractivity contribution < 1.29 is 8.42 Å². The van der Waals surface area contributed by atoms with Crippen LogP contribution in [-0.4, -0.2) is 30.2 Å². The van der Waals surface area contributed by atoms with E-state index in [0.717, 1.165) is 25.7 Å². The summed E-state index contributed by atoms with van der Waals surface area (Å²) in [4.78, 5) is 15.7. The highest BCUT2D eigenvalue weighted by molar-refractivity contribution is 7.89. The van der Waals surface area contributed by atoms with Crippen LogP contribution in [0.15, 0.2) is 40.2 Å². The summed E-state index contributed by atoms with van der Waals surface area (Å²) >= 11 is 0. The molecule has 1 fully saturated rings. The third kappa shape index (κ3) is 4.33. The number of aromatic nitrogens is 3. The Hall–Kier alpha value is -3.16. The lowest BCUT2D eigenvalue weighted by Gasteiger charge is -2.27. The molecule has 9 nitrogen and oxygen atoms in total. The van der Waals surface area contributed by atoms with Crippen LogP contribution in [0.5, 0.6) is 0 Å². The molecule has 3 N–H and O–H groups in total. The summed E-state index contributed by atoms with van der Waals surface area (Å²) in [7, 11) is -2.26. The number of nitrogens with one attached hydrogen (secondary N) is 3. The number of H-pyrrole nitrogens is 1. The van der Waals surface area contributed by atoms with Gasteiger partial charge in [0.1, 0.15) is 5.39 Å². The summed E-state index contributed by atoms with van der Waals surface area (Å²) < 4.78 is 29.3. The van der Waals surface area contributed by atoms with Crippen LogP contribution in [-0.2, 0) is 15.4 Å². The lowest BCUT2D eigenvalue weighted by molar-refractivity contribution is 0.277. The number of sulfonamides is 1. The molecule has 0 aliphatic heterocycles. The standard InChI is InChI=1S/C24H30N6O3S/c1-24(2,3)17-13-16(9-10-20(17)34(32,33)26-4)28-22-21-19(11-12-27-23(21)31)30(29-22)18-8-6-5-7-15(18)14-25/h9-13,15,18,26H,5-8H2,1-4H3,(H,27,31)(H,28,29). The van der Waals surface area contributed by atoms with Crippen LogP contribution >= 0.6 is 0 Å². The Morgan fingerprint density at radius 3 is 2.62 bits per heavy atom. The van der Waals surface area contributed by atoms with Crippen LogP contribution in [0.2, 0.25) is 0 Å². The molecule has 1 aromatic carbocycles. The van der Waals surface area contributed by atoms with E-state index in [9.17, 15) is 18.5 Å². The number of rotatable bonds is 5. The van der Waals surface area contributed by atoms with Crippen LogP contribution in [0.3, 0.4) is 0 Å². The molecule has 2 heterocycles. The van der Waals surface area contributed by atoms with E-state index in [0.29, 0.717) is 28.0 Å². The zero-order valence-electron chi connectivity index (χ0n) is 19.8. The monoisotopic (exact) mass is 482 g/mol. The lowest BCUT2D eigenvalue weighted by atomic mass is 9.85. The van der Waals surface area contributed by atoms with Gasteiger partial charge in [0, 0.05) is 11.9 Å². The van der Waals surface area contributed by atoms with E-state index in [-0.39, 0.29) is 22.4 Å². The van der Waals surface area contributed by atoms with Crippen LogP contribution < -0.4 is 15.6 Å². The summed E-state index contributed by atoms with van der Waals surface area (Å²) in [5.74, 6) is 0.214. The van der Waals surface area contributed by atoms with E-state index in [1.807, 2.05) is 25.5 Å². The highest BCUT2D eigenvalue weighted by Gasteiger charge is 2.30. The van der Waals surface area contributed by atoms with Gasteiger partial charge in [0.2, 0.25) is 10.0 Å². The van der Waals surface area contributed by atoms with Gasteiger partial charge in [-0.05, 0) is 55.1 Å². The first-order chi connectivity index (χ1) is 16.1. The molecule has 0 radical (unpaired) electrons. The van der Waals surface area contributed by atoms with E-state index in [2.05, 4.69) is 21.1 Å². The average Bonchev–Trinajstić information content (AvgIpc) is 3.17. The number of fused-ring (bicyclic) bond motifs is 1. The topological polar surface area (TPSA) is 133 Å². The zero-order chi connectivity index (χ0) is 24.7. The minimum atomic E-state index is -3.65. The van der Waals surface area contributed by atoms with E-state index >= 15 is 0 Å². The maximum absolute atomic E-state index is 12.8. The quantitative estimate of drug-likeness (QED) is 0.505. The molecule has 1 saturated carbocycles. The normalized spacial score (nSPS) is 19.1. The first-order valence-electron chi connectivity index (χ1n) is 11.4. The van der Waals surface area contributed by atoms with Gasteiger partial charge in [-0.15, -0.1) is 0 Å². The van der Waals surface area contributed by atoms with Gasteiger partial charge in [0.25, 0.3) is 5.56 Å². The summed E-state index contributed by atoms with van der Waals surface area (Å²) in [6, 6.07) is 9.12. The predicted molar refractivity (Wildman–Crippen MR) is 132 cm³/mol. The van der Waals surface area contributed by atoms with E-state index in [1.54, 1.807) is 30.5 Å². The van der Waals surface area contributed by atoms with Gasteiger partial charge in [-0.25, -0.2) is 13.1 Å². The number of aromatic amines is 1. The van der Waals surface area contributed by atoms with Gasteiger partial charge < -0.3 is 10.3 Å². The minimum Gasteiger partial charge on any atom is -0.338 e. The molecule has 3 aromatic rings. The van der Waals surface area contributed by atoms with Crippen molar-refractivity contribution in [3.05, 3.63) is 46.4 Å². The Balaban J connectivity index is 1.83. The summed E-state index contributed by atoms with van der Waals surface area (Å²) in [5, 5.41) is 18.1. The maximum atomic E-state index is 12.8. The van der Waals surface area contributed by atoms with Gasteiger partial charge in [-0.1, -0.05) is 33.6 Å². The largest absolute Gasteiger partial charge is 0.338 e. The molecule has 2 aromatic heterocycles. The second-order valence-corrected chi connectivity index (χ2v) is 11.6. The summed E-state index contributed by atoms with van der Waals surface area (Å²) in [6.07, 6.45) is 5.24. The van der Waals surface area contributed by atoms with Gasteiger partial charge >= 0.3 is 0 Å². The highest BCUT2D eigenvalue weighted by Crippen LogP contribution is 2.37. The Bertz CT molecular complexity index is 1430. The molecule has 1 aliphatic carbocycles. The minimum absolute atomic E-state index is 0.105. The van der Waals surface area contributed by atoms with Crippen LogP contribution in [0.25, 0.3) is 10.9 Å². The molecule has 4 rings (SSSR count). The van der Waals surface area contributed by atoms with Gasteiger partial charge in [0.15, 0.2) is 5.82 Å². The number of pyridine rings is 1. The molecule has 0 spiro atoms. The molecule has 0 saturated heterocycles. The first-order valence-corrected chi connectivity index (χ1v) is 12.9. The van der Waals surface area contributed by atoms with Gasteiger partial charge in [-0.3, -0.25) is 9.48 Å². The van der Waals surface area contributed by atoms with Gasteiger partial charge in [-0.2, -0.15) is 10.4 Å². The lowest BCUT2D eigenvalue weighted by Crippen LogP contribution is -2.24. The fourth-order valence-corrected chi connectivity index (χ4v) is 5.79. The van der Waals surface area contributed by atoms with Crippen molar-refractivity contribution in [1.29, 1.82) is 5.26 Å². The molecule has 1 aliphatic rings. The second-order valence-electron chi connectivity index (χ2n) is 9.74. The fourth-order valence-electron chi connectivity index (χ4n) is 4.67. The smallest absolute Gasteiger partial charge is 0.261 e. The highest BCUT2D eigenvalue weighted by atomic mass is 32.2. The van der Waals surface area contributed by atoms with Crippen LogP contribution in [0.1, 0.15) is 58.1 Å². The van der Waals surface area contributed by atoms with E-state index in [4.69, 9.17) is 5.10 Å². The number of hydrogen-bond donors (Lipinski definition) is 3. The molecule has 34 heavy (non-hydrogen) atoms. The number of nitrogens with zero attached hydrogens (tertiary/aromatic N) is 3. The average molecular weight is 483 g/mol. The van der Waals surface area contributed by atoms with Crippen molar-refractivity contribution in [2.45, 2.75) is 62.8 Å². The zero-order valence-corrected chi connectivity index (χ0v) is 20.7. The SMILES string of the molecule is CNS(=O)(=O)c1ccc(Nc2nn(C3CCCCC3C#N)c3cc[nH]c(=O)c23)cc1C(C)(C)C. The third-order valence-corrected chi connectivity index (χ3v) is 7.92. The summed E-state index contributed by atoms with van der Waals surface area (Å²) in [6.45, 7) is 5.84. The van der Waals surface area contributed by atoms with Crippen LogP contribution in [0, 0.1) is 17.2 Å². The van der Waals surface area contributed by atoms with Crippen molar-refractivity contribution in [2.24, 2.45) is 5.92 Å². The summed E-state index contributed by atoms with van der Waals surface area (Å²) in [5.41, 5.74) is 1.21. The molecule has 0 amide bonds. The first kappa shape index (κ1) is 24.0. The third-order valence-electron chi connectivity index (χ3n) is 6.45. The molecule has 10 heteroatoms. The molecule has 180 valence electrons.